The van der Waals surface area contributed by atoms with Gasteiger partial charge in [0.2, 0.25) is 0 Å². The van der Waals surface area contributed by atoms with E-state index in [-0.39, 0.29) is 11.8 Å². The summed E-state index contributed by atoms with van der Waals surface area (Å²) in [6.45, 7) is 9.65. The maximum absolute atomic E-state index is 13.5. The monoisotopic (exact) mass is 402 g/mol. The van der Waals surface area contributed by atoms with Crippen LogP contribution in [0.5, 0.6) is 0 Å². The minimum Gasteiger partial charge on any atom is -0.466 e. The molecule has 0 bridgehead atoms. The molecule has 1 heterocycles. The topological polar surface area (TPSA) is 61.8 Å². The molecule has 1 aliphatic carbocycles. The van der Waals surface area contributed by atoms with Crippen molar-refractivity contribution < 1.29 is 23.8 Å². The first-order chi connectivity index (χ1) is 13.9. The molecule has 2 fully saturated rings. The Bertz CT molecular complexity index is 723. The quantitative estimate of drug-likeness (QED) is 0.646. The largest absolute Gasteiger partial charge is 0.466 e. The molecule has 0 amide bonds. The molecule has 1 aromatic rings. The van der Waals surface area contributed by atoms with E-state index < -0.39 is 17.6 Å². The van der Waals surface area contributed by atoms with E-state index in [1.54, 1.807) is 6.92 Å². The van der Waals surface area contributed by atoms with Gasteiger partial charge in [-0.05, 0) is 49.8 Å². The fraction of sp³-hybridized carbons (Fsp3) is 0.667. The van der Waals surface area contributed by atoms with E-state index in [1.807, 2.05) is 0 Å². The molecule has 1 aliphatic heterocycles. The molecule has 2 atom stereocenters. The summed E-state index contributed by atoms with van der Waals surface area (Å²) in [6.07, 6.45) is 3.80. The molecule has 0 unspecified atom stereocenters. The number of benzene rings is 1. The highest BCUT2D eigenvalue weighted by molar-refractivity contribution is 5.89. The van der Waals surface area contributed by atoms with Crippen molar-refractivity contribution in [3.05, 3.63) is 34.4 Å². The van der Waals surface area contributed by atoms with Crippen molar-refractivity contribution in [2.45, 2.75) is 72.0 Å². The summed E-state index contributed by atoms with van der Waals surface area (Å²) in [4.78, 5) is 26.1. The molecule has 0 N–H and O–H groups in total. The second-order valence-electron chi connectivity index (χ2n) is 8.25. The fourth-order valence-electron chi connectivity index (χ4n) is 4.86. The summed E-state index contributed by atoms with van der Waals surface area (Å²) >= 11 is 0. The molecule has 5 nitrogen and oxygen atoms in total. The molecule has 1 spiro atoms. The van der Waals surface area contributed by atoms with E-state index in [4.69, 9.17) is 14.2 Å². The zero-order valence-electron chi connectivity index (χ0n) is 18.2. The number of hydrogen-bond acceptors (Lipinski definition) is 5. The summed E-state index contributed by atoms with van der Waals surface area (Å²) < 4.78 is 17.2. The van der Waals surface area contributed by atoms with Crippen LogP contribution in [0.2, 0.25) is 0 Å². The molecule has 0 radical (unpaired) electrons. The molecule has 3 rings (SSSR count). The first-order valence-electron chi connectivity index (χ1n) is 11.0. The molecule has 1 aromatic carbocycles. The second-order valence-corrected chi connectivity index (χ2v) is 8.25. The first kappa shape index (κ1) is 22.0. The number of carbonyl (C=O) groups is 2. The number of ether oxygens (including phenoxy) is 3. The van der Waals surface area contributed by atoms with Crippen molar-refractivity contribution in [1.29, 1.82) is 0 Å². The van der Waals surface area contributed by atoms with Crippen LogP contribution < -0.4 is 0 Å². The molecular weight excluding hydrogens is 368 g/mol. The minimum atomic E-state index is -0.815. The van der Waals surface area contributed by atoms with Crippen LogP contribution in [0.25, 0.3) is 0 Å². The highest BCUT2D eigenvalue weighted by Crippen LogP contribution is 2.45. The Labute approximate surface area is 174 Å². The zero-order valence-corrected chi connectivity index (χ0v) is 18.2. The van der Waals surface area contributed by atoms with Crippen molar-refractivity contribution in [1.82, 2.24) is 0 Å². The van der Waals surface area contributed by atoms with Gasteiger partial charge in [0.1, 0.15) is 5.78 Å². The van der Waals surface area contributed by atoms with Gasteiger partial charge in [-0.1, -0.05) is 31.5 Å². The van der Waals surface area contributed by atoms with Crippen LogP contribution >= 0.6 is 0 Å². The third-order valence-electron chi connectivity index (χ3n) is 6.26. The molecule has 1 saturated heterocycles. The fourth-order valence-corrected chi connectivity index (χ4v) is 4.86. The van der Waals surface area contributed by atoms with Gasteiger partial charge in [0.15, 0.2) is 5.79 Å². The van der Waals surface area contributed by atoms with Gasteiger partial charge in [-0.2, -0.15) is 0 Å². The highest BCUT2D eigenvalue weighted by atomic mass is 16.7. The average molecular weight is 403 g/mol. The van der Waals surface area contributed by atoms with Crippen molar-refractivity contribution in [2.24, 2.45) is 11.8 Å². The van der Waals surface area contributed by atoms with E-state index in [9.17, 15) is 9.59 Å². The lowest BCUT2D eigenvalue weighted by molar-refractivity contribution is -0.264. The van der Waals surface area contributed by atoms with Crippen LogP contribution in [0, 0.1) is 18.8 Å². The SMILES string of the molecule is CCOC(=O)[C@@H]1CC2(C[C@H]1C(=O)Cc1c(CC)cc(C)cc1CC)OCCCO2. The average Bonchev–Trinajstić information content (AvgIpc) is 3.08. The summed E-state index contributed by atoms with van der Waals surface area (Å²) in [5.41, 5.74) is 4.80. The normalized spacial score (nSPS) is 23.3. The highest BCUT2D eigenvalue weighted by Gasteiger charge is 2.53. The number of aryl methyl sites for hydroxylation is 3. The van der Waals surface area contributed by atoms with E-state index in [0.717, 1.165) is 24.8 Å². The summed E-state index contributed by atoms with van der Waals surface area (Å²) in [5.74, 6) is -1.96. The van der Waals surface area contributed by atoms with Crippen LogP contribution in [-0.2, 0) is 43.1 Å². The van der Waals surface area contributed by atoms with E-state index in [2.05, 4.69) is 32.9 Å². The second kappa shape index (κ2) is 9.40. The smallest absolute Gasteiger partial charge is 0.309 e. The van der Waals surface area contributed by atoms with Gasteiger partial charge in [-0.25, -0.2) is 0 Å². The summed E-state index contributed by atoms with van der Waals surface area (Å²) in [6, 6.07) is 4.35. The van der Waals surface area contributed by atoms with Gasteiger partial charge in [0, 0.05) is 25.2 Å². The third kappa shape index (κ3) is 4.72. The number of ketones is 1. The molecule has 1 saturated carbocycles. The molecule has 2 aliphatic rings. The Morgan fingerprint density at radius 1 is 1.03 bits per heavy atom. The van der Waals surface area contributed by atoms with Crippen LogP contribution in [-0.4, -0.2) is 37.4 Å². The van der Waals surface area contributed by atoms with Gasteiger partial charge in [-0.3, -0.25) is 9.59 Å². The Hall–Kier alpha value is -1.72. The van der Waals surface area contributed by atoms with Crippen LogP contribution in [0.15, 0.2) is 12.1 Å². The zero-order chi connectivity index (χ0) is 21.0. The number of rotatable bonds is 7. The van der Waals surface area contributed by atoms with Gasteiger partial charge >= 0.3 is 5.97 Å². The molecule has 160 valence electrons. The standard InChI is InChI=1S/C24H34O5/c1-5-17-11-16(4)12-18(6-2)19(17)13-22(25)20-14-24(28-9-8-10-29-24)15-21(20)23(26)27-7-3/h11-12,20-21H,5-10,13-15H2,1-4H3/t20-,21-/m1/s1. The Kier molecular flexibility index (Phi) is 7.12. The predicted octanol–water partition coefficient (Wildman–Crippen LogP) is 3.95. The molecule has 0 aromatic heterocycles. The van der Waals surface area contributed by atoms with Crippen LogP contribution in [0.1, 0.15) is 62.3 Å². The van der Waals surface area contributed by atoms with Gasteiger partial charge in [0.05, 0.1) is 25.7 Å². The number of Topliss-reactive ketones (excluding diaryl/α,β-unsaturated/α-hetero) is 1. The van der Waals surface area contributed by atoms with Crippen molar-refractivity contribution in [3.8, 4) is 0 Å². The maximum atomic E-state index is 13.5. The van der Waals surface area contributed by atoms with Gasteiger partial charge in [-0.15, -0.1) is 0 Å². The Balaban J connectivity index is 1.87. The van der Waals surface area contributed by atoms with Crippen molar-refractivity contribution in [2.75, 3.05) is 19.8 Å². The maximum Gasteiger partial charge on any atom is 0.309 e. The number of hydrogen-bond donors (Lipinski definition) is 0. The molecule has 29 heavy (non-hydrogen) atoms. The Morgan fingerprint density at radius 3 is 2.17 bits per heavy atom. The number of esters is 1. The first-order valence-corrected chi connectivity index (χ1v) is 11.0. The predicted molar refractivity (Wildman–Crippen MR) is 111 cm³/mol. The van der Waals surface area contributed by atoms with Gasteiger partial charge in [0.25, 0.3) is 0 Å². The summed E-state index contributed by atoms with van der Waals surface area (Å²) in [5, 5.41) is 0. The van der Waals surface area contributed by atoms with Crippen molar-refractivity contribution in [3.63, 3.8) is 0 Å². The van der Waals surface area contributed by atoms with Crippen molar-refractivity contribution >= 4 is 11.8 Å². The molecule has 5 heteroatoms. The van der Waals surface area contributed by atoms with E-state index >= 15 is 0 Å². The number of carbonyl (C=O) groups excluding carboxylic acids is 2. The van der Waals surface area contributed by atoms with Crippen LogP contribution in [0.4, 0.5) is 0 Å². The Morgan fingerprint density at radius 2 is 1.62 bits per heavy atom. The third-order valence-corrected chi connectivity index (χ3v) is 6.26. The summed E-state index contributed by atoms with van der Waals surface area (Å²) in [7, 11) is 0. The lowest BCUT2D eigenvalue weighted by atomic mass is 9.85. The van der Waals surface area contributed by atoms with E-state index in [1.165, 1.54) is 16.7 Å². The minimum absolute atomic E-state index is 0.0888. The van der Waals surface area contributed by atoms with Crippen LogP contribution in [0.3, 0.4) is 0 Å². The van der Waals surface area contributed by atoms with E-state index in [0.29, 0.717) is 39.1 Å². The van der Waals surface area contributed by atoms with Gasteiger partial charge < -0.3 is 14.2 Å². The lowest BCUT2D eigenvalue weighted by Gasteiger charge is -2.33. The molecular formula is C24H34O5. The lowest BCUT2D eigenvalue weighted by Crippen LogP contribution is -2.38.